The van der Waals surface area contributed by atoms with Gasteiger partial charge in [-0.3, -0.25) is 14.1 Å². The third-order valence-corrected chi connectivity index (χ3v) is 7.06. The molecule has 0 atom stereocenters. The van der Waals surface area contributed by atoms with Gasteiger partial charge in [0.15, 0.2) is 0 Å². The highest BCUT2D eigenvalue weighted by Crippen LogP contribution is 2.38. The first-order chi connectivity index (χ1) is 18.1. The van der Waals surface area contributed by atoms with Crippen LogP contribution in [0.2, 0.25) is 0 Å². The van der Waals surface area contributed by atoms with E-state index in [0.717, 1.165) is 30.4 Å². The van der Waals surface area contributed by atoms with Crippen molar-refractivity contribution in [2.24, 2.45) is 0 Å². The largest absolute Gasteiger partial charge is 0.469 e. The maximum atomic E-state index is 14.1. The Balaban J connectivity index is 2.30. The van der Waals surface area contributed by atoms with E-state index in [9.17, 15) is 31.7 Å². The molecule has 0 aliphatic heterocycles. The fourth-order valence-electron chi connectivity index (χ4n) is 2.94. The average Bonchev–Trinajstić information content (AvgIpc) is 2.81. The van der Waals surface area contributed by atoms with E-state index >= 15 is 0 Å². The Morgan fingerprint density at radius 3 is 2.59 bits per heavy atom. The molecule has 0 radical (unpaired) electrons. The lowest BCUT2D eigenvalue weighted by Gasteiger charge is -2.22. The minimum Gasteiger partial charge on any atom is -0.383 e. The second kappa shape index (κ2) is 14.1. The number of benzene rings is 1. The molecule has 1 heterocycles. The molecule has 212 valence electrons. The lowest BCUT2D eigenvalue weighted by Crippen LogP contribution is -2.22. The molecule has 0 fully saturated rings. The summed E-state index contributed by atoms with van der Waals surface area (Å²) in [5.41, 5.74) is 1.63. The molecule has 0 spiro atoms. The third-order valence-electron chi connectivity index (χ3n) is 4.73. The fourth-order valence-corrected chi connectivity index (χ4v) is 4.68. The quantitative estimate of drug-likeness (QED) is 0.0999. The van der Waals surface area contributed by atoms with Crippen molar-refractivity contribution in [1.29, 1.82) is 0 Å². The summed E-state index contributed by atoms with van der Waals surface area (Å²) in [5, 5.41) is -0.710. The van der Waals surface area contributed by atoms with Crippen molar-refractivity contribution in [1.82, 2.24) is 14.9 Å². The van der Waals surface area contributed by atoms with E-state index in [-0.39, 0.29) is 39.8 Å². The number of hydrogen-bond donors (Lipinski definition) is 3. The van der Waals surface area contributed by atoms with Crippen molar-refractivity contribution in [2.75, 3.05) is 12.3 Å². The fraction of sp³-hybridized carbons (Fsp3) is 0.273. The minimum atomic E-state index is -4.83. The van der Waals surface area contributed by atoms with Crippen LogP contribution in [-0.4, -0.2) is 48.3 Å². The van der Waals surface area contributed by atoms with Crippen molar-refractivity contribution in [3.8, 4) is 0 Å². The molecule has 1 aromatic carbocycles. The van der Waals surface area contributed by atoms with E-state index in [1.807, 2.05) is 0 Å². The summed E-state index contributed by atoms with van der Waals surface area (Å²) in [6.45, 7) is 2.47. The number of anilines is 1. The smallest absolute Gasteiger partial charge is 0.383 e. The Labute approximate surface area is 229 Å². The molecule has 2 rings (SSSR count). The molecule has 0 aliphatic rings. The molecule has 1 amide bonds. The van der Waals surface area contributed by atoms with Crippen LogP contribution in [0.15, 0.2) is 46.0 Å². The van der Waals surface area contributed by atoms with E-state index < -0.39 is 42.6 Å². The molecule has 0 saturated heterocycles. The summed E-state index contributed by atoms with van der Waals surface area (Å²) in [4.78, 5) is 51.5. The molecule has 0 unspecified atom stereocenters. The lowest BCUT2D eigenvalue weighted by atomic mass is 10.2. The number of amides is 1. The Kier molecular flexibility index (Phi) is 11.7. The molecule has 17 heteroatoms. The number of nitrogens with two attached hydrogens (primary N) is 1. The number of phosphoric ester groups is 1. The molecule has 0 bridgehead atoms. The number of thioether (sulfide) groups is 2. The molecular formula is C22H23F4N4O6PS2. The highest BCUT2D eigenvalue weighted by molar-refractivity contribution is 8.17. The van der Waals surface area contributed by atoms with Gasteiger partial charge in [-0.2, -0.15) is 13.2 Å². The van der Waals surface area contributed by atoms with Crippen LogP contribution < -0.4 is 5.73 Å². The Bertz CT molecular complexity index is 1320. The van der Waals surface area contributed by atoms with Gasteiger partial charge in [-0.1, -0.05) is 0 Å². The topological polar surface area (TPSA) is 156 Å². The Morgan fingerprint density at radius 2 is 2.00 bits per heavy atom. The summed E-state index contributed by atoms with van der Waals surface area (Å²) >= 11 is 0.113. The number of carbonyl (C=O) groups excluding carboxylic acids is 2. The second-order valence-corrected chi connectivity index (χ2v) is 11.1. The third kappa shape index (κ3) is 11.5. The molecule has 0 saturated carbocycles. The number of carbonyl (C=O) groups is 2. The zero-order valence-electron chi connectivity index (χ0n) is 20.4. The summed E-state index contributed by atoms with van der Waals surface area (Å²) in [7, 11) is -4.83. The van der Waals surface area contributed by atoms with E-state index in [1.54, 1.807) is 6.92 Å². The number of halogens is 4. The van der Waals surface area contributed by atoms with Gasteiger partial charge in [-0.05, 0) is 67.7 Å². The van der Waals surface area contributed by atoms with Gasteiger partial charge < -0.3 is 20.4 Å². The first kappa shape index (κ1) is 32.5. The Hall–Kier alpha value is -2.75. The van der Waals surface area contributed by atoms with Crippen molar-refractivity contribution < 1.29 is 46.0 Å². The lowest BCUT2D eigenvalue weighted by molar-refractivity contribution is -0.117. The van der Waals surface area contributed by atoms with Crippen LogP contribution in [-0.2, 0) is 25.2 Å². The van der Waals surface area contributed by atoms with Gasteiger partial charge in [-0.25, -0.2) is 18.9 Å². The number of nitrogen functional groups attached to an aromatic ring is 1. The predicted molar refractivity (Wildman–Crippen MR) is 138 cm³/mol. The van der Waals surface area contributed by atoms with Gasteiger partial charge in [0.05, 0.1) is 13.2 Å². The van der Waals surface area contributed by atoms with Gasteiger partial charge in [0, 0.05) is 39.2 Å². The summed E-state index contributed by atoms with van der Waals surface area (Å²) in [6, 6.07) is 2.72. The second-order valence-electron chi connectivity index (χ2n) is 7.63. The normalized spacial score (nSPS) is 12.9. The number of aryl methyl sites for hydroxylation is 1. The van der Waals surface area contributed by atoms with Crippen LogP contribution in [0, 0.1) is 12.7 Å². The van der Waals surface area contributed by atoms with Gasteiger partial charge in [0.2, 0.25) is 11.5 Å². The predicted octanol–water partition coefficient (Wildman–Crippen LogP) is 4.78. The van der Waals surface area contributed by atoms with Gasteiger partial charge >= 0.3 is 13.3 Å². The number of hydrogen-bond acceptors (Lipinski definition) is 9. The van der Waals surface area contributed by atoms with Crippen molar-refractivity contribution >= 4 is 54.8 Å². The van der Waals surface area contributed by atoms with Crippen LogP contribution in [0.1, 0.15) is 30.3 Å². The standard InChI is InChI=1S/C22H23F4N4O6PS2/c1-13(30(12-31)11-16-10-28-14(2)29-21(16)27)19(7-8-36-37(33,34)35)38-20(32)6-3-15-9-17(4-5-18(15)23)39-22(24,25)26/h3-6,9-10,12H,7-8,11H2,1-2H3,(H2,27,28,29)(H2,33,34,35)/b6-3+,19-13-. The van der Waals surface area contributed by atoms with Gasteiger partial charge in [-0.15, -0.1) is 0 Å². The number of aromatic nitrogens is 2. The van der Waals surface area contributed by atoms with Crippen LogP contribution in [0.5, 0.6) is 0 Å². The van der Waals surface area contributed by atoms with E-state index in [4.69, 9.17) is 15.5 Å². The van der Waals surface area contributed by atoms with Gasteiger partial charge in [0.1, 0.15) is 17.5 Å². The highest BCUT2D eigenvalue weighted by atomic mass is 32.2. The maximum Gasteiger partial charge on any atom is 0.469 e. The number of nitrogens with zero attached hydrogens (tertiary/aromatic N) is 3. The zero-order valence-corrected chi connectivity index (χ0v) is 22.9. The van der Waals surface area contributed by atoms with Crippen molar-refractivity contribution in [2.45, 2.75) is 37.2 Å². The first-order valence-corrected chi connectivity index (χ1v) is 13.9. The molecule has 10 nitrogen and oxygen atoms in total. The van der Waals surface area contributed by atoms with Crippen molar-refractivity contribution in [3.63, 3.8) is 0 Å². The monoisotopic (exact) mass is 610 g/mol. The van der Waals surface area contributed by atoms with E-state index in [2.05, 4.69) is 14.5 Å². The van der Waals surface area contributed by atoms with Crippen LogP contribution in [0.25, 0.3) is 6.08 Å². The molecule has 39 heavy (non-hydrogen) atoms. The van der Waals surface area contributed by atoms with E-state index in [1.165, 1.54) is 18.0 Å². The molecular weight excluding hydrogens is 587 g/mol. The van der Waals surface area contributed by atoms with Crippen LogP contribution >= 0.6 is 31.3 Å². The summed E-state index contributed by atoms with van der Waals surface area (Å²) in [6.07, 6.45) is 3.56. The maximum absolute atomic E-state index is 14.1. The van der Waals surface area contributed by atoms with Crippen LogP contribution in [0.4, 0.5) is 23.4 Å². The zero-order chi connectivity index (χ0) is 29.4. The summed E-state index contributed by atoms with van der Waals surface area (Å²) in [5.74, 6) is -0.334. The SMILES string of the molecule is C/C(=C(\CCOP(=O)(O)O)SC(=O)/C=C/c1cc(SC(F)(F)F)ccc1F)N(C=O)Cc1cnc(C)nc1N. The Morgan fingerprint density at radius 1 is 1.31 bits per heavy atom. The van der Waals surface area contributed by atoms with Gasteiger partial charge in [0.25, 0.3) is 0 Å². The number of alkyl halides is 3. The molecule has 4 N–H and O–H groups in total. The molecule has 0 aliphatic carbocycles. The molecule has 1 aromatic heterocycles. The van der Waals surface area contributed by atoms with E-state index in [0.29, 0.717) is 29.6 Å². The minimum absolute atomic E-state index is 0.0935. The van der Waals surface area contributed by atoms with Crippen LogP contribution in [0.3, 0.4) is 0 Å². The number of allylic oxidation sites excluding steroid dienone is 1. The average molecular weight is 611 g/mol. The first-order valence-electron chi connectivity index (χ1n) is 10.7. The highest BCUT2D eigenvalue weighted by Gasteiger charge is 2.29. The number of rotatable bonds is 12. The van der Waals surface area contributed by atoms with Crippen molar-refractivity contribution in [3.05, 3.63) is 63.8 Å². The molecule has 2 aromatic rings. The number of phosphoric acid groups is 1. The summed E-state index contributed by atoms with van der Waals surface area (Å²) < 4.78 is 67.6.